The van der Waals surface area contributed by atoms with Gasteiger partial charge in [0.05, 0.1) is 11.4 Å². The van der Waals surface area contributed by atoms with Crippen LogP contribution in [0.25, 0.3) is 0 Å². The van der Waals surface area contributed by atoms with Crippen LogP contribution < -0.4 is 10.6 Å². The van der Waals surface area contributed by atoms with Gasteiger partial charge in [-0.1, -0.05) is 18.2 Å². The molecule has 0 fully saturated rings. The monoisotopic (exact) mass is 494 g/mol. The van der Waals surface area contributed by atoms with Crippen molar-refractivity contribution in [2.75, 3.05) is 18.4 Å². The number of hydrogen-bond donors (Lipinski definition) is 2. The number of hydrogen-bond acceptors (Lipinski definition) is 6. The Morgan fingerprint density at radius 1 is 1.06 bits per heavy atom. The first-order valence-corrected chi connectivity index (χ1v) is 12.2. The Morgan fingerprint density at radius 2 is 1.89 bits per heavy atom. The molecule has 9 heteroatoms. The fraction of sp³-hybridized carbons (Fsp3) is 0.308. The fourth-order valence-corrected chi connectivity index (χ4v) is 3.80. The van der Waals surface area contributed by atoms with E-state index in [2.05, 4.69) is 15.6 Å². The Bertz CT molecular complexity index is 1130. The minimum Gasteiger partial charge on any atom is -0.444 e. The number of nitrogens with zero attached hydrogens (tertiary/aromatic N) is 2. The molecule has 0 aliphatic rings. The number of anilines is 1. The number of amides is 3. The van der Waals surface area contributed by atoms with Crippen LogP contribution in [-0.4, -0.2) is 46.5 Å². The third-order valence-electron chi connectivity index (χ3n) is 4.77. The summed E-state index contributed by atoms with van der Waals surface area (Å²) in [5, 5.41) is 7.51. The Labute approximate surface area is 209 Å². The van der Waals surface area contributed by atoms with Crippen LogP contribution in [0.5, 0.6) is 0 Å². The number of nitrogens with one attached hydrogen (secondary N) is 2. The molecular weight excluding hydrogens is 464 g/mol. The van der Waals surface area contributed by atoms with E-state index in [1.165, 1.54) is 11.3 Å². The summed E-state index contributed by atoms with van der Waals surface area (Å²) in [4.78, 5) is 43.9. The minimum absolute atomic E-state index is 0.214. The van der Waals surface area contributed by atoms with Crippen LogP contribution in [-0.2, 0) is 11.3 Å². The first-order chi connectivity index (χ1) is 16.7. The van der Waals surface area contributed by atoms with E-state index in [0.717, 1.165) is 5.56 Å². The highest BCUT2D eigenvalue weighted by Crippen LogP contribution is 2.16. The van der Waals surface area contributed by atoms with Gasteiger partial charge in [0.2, 0.25) is 0 Å². The summed E-state index contributed by atoms with van der Waals surface area (Å²) in [5.41, 5.74) is 1.27. The zero-order chi connectivity index (χ0) is 25.3. The van der Waals surface area contributed by atoms with Gasteiger partial charge in [-0.05, 0) is 68.5 Å². The molecule has 0 unspecified atom stereocenters. The zero-order valence-corrected chi connectivity index (χ0v) is 20.9. The SMILES string of the molecule is CC(C)(C)OC(=O)N(CCCNC(=O)c1cccc(NC(=O)c2cccs2)c1)Cc1cccnc1. The van der Waals surface area contributed by atoms with E-state index in [4.69, 9.17) is 4.74 Å². The van der Waals surface area contributed by atoms with E-state index in [0.29, 0.717) is 42.2 Å². The number of pyridine rings is 1. The maximum absolute atomic E-state index is 12.7. The van der Waals surface area contributed by atoms with Gasteiger partial charge in [0, 0.05) is 36.7 Å². The third kappa shape index (κ3) is 8.53. The van der Waals surface area contributed by atoms with Crippen molar-refractivity contribution >= 4 is 34.9 Å². The molecular formula is C26H30N4O4S. The van der Waals surface area contributed by atoms with Gasteiger partial charge in [-0.3, -0.25) is 14.6 Å². The van der Waals surface area contributed by atoms with Crippen molar-refractivity contribution in [2.24, 2.45) is 0 Å². The molecule has 0 radical (unpaired) electrons. The molecule has 0 bridgehead atoms. The molecule has 1 aromatic carbocycles. The molecule has 2 aromatic heterocycles. The van der Waals surface area contributed by atoms with E-state index in [9.17, 15) is 14.4 Å². The number of rotatable bonds is 9. The second kappa shape index (κ2) is 12.1. The average molecular weight is 495 g/mol. The molecule has 0 saturated heterocycles. The number of benzene rings is 1. The average Bonchev–Trinajstić information content (AvgIpc) is 3.36. The molecule has 2 heterocycles. The molecule has 0 spiro atoms. The van der Waals surface area contributed by atoms with E-state index >= 15 is 0 Å². The smallest absolute Gasteiger partial charge is 0.410 e. The lowest BCUT2D eigenvalue weighted by Gasteiger charge is -2.27. The molecule has 2 N–H and O–H groups in total. The highest BCUT2D eigenvalue weighted by atomic mass is 32.1. The first kappa shape index (κ1) is 25.9. The number of thiophene rings is 1. The Morgan fingerprint density at radius 3 is 2.57 bits per heavy atom. The van der Waals surface area contributed by atoms with Crippen LogP contribution in [0.1, 0.15) is 52.8 Å². The molecule has 3 aromatic rings. The summed E-state index contributed by atoms with van der Waals surface area (Å²) in [7, 11) is 0. The van der Waals surface area contributed by atoms with Crippen LogP contribution in [0.2, 0.25) is 0 Å². The van der Waals surface area contributed by atoms with Crippen molar-refractivity contribution in [3.8, 4) is 0 Å². The van der Waals surface area contributed by atoms with Gasteiger partial charge in [0.1, 0.15) is 5.60 Å². The van der Waals surface area contributed by atoms with Crippen molar-refractivity contribution in [1.82, 2.24) is 15.2 Å². The van der Waals surface area contributed by atoms with Gasteiger partial charge in [-0.2, -0.15) is 0 Å². The standard InChI is InChI=1S/C26H30N4O4S/c1-26(2,3)34-25(33)30(18-19-8-5-12-27-17-19)14-7-13-28-23(31)20-9-4-10-21(16-20)29-24(32)22-11-6-15-35-22/h4-6,8-12,15-17H,7,13-14,18H2,1-3H3,(H,28,31)(H,29,32). The van der Waals surface area contributed by atoms with Crippen LogP contribution in [0.15, 0.2) is 66.3 Å². The number of ether oxygens (including phenoxy) is 1. The van der Waals surface area contributed by atoms with E-state index in [1.807, 2.05) is 44.4 Å². The maximum atomic E-state index is 12.7. The van der Waals surface area contributed by atoms with E-state index < -0.39 is 11.7 Å². The maximum Gasteiger partial charge on any atom is 0.410 e. The van der Waals surface area contributed by atoms with E-state index in [1.54, 1.807) is 47.6 Å². The highest BCUT2D eigenvalue weighted by molar-refractivity contribution is 7.12. The molecule has 184 valence electrons. The molecule has 0 saturated carbocycles. The second-order valence-electron chi connectivity index (χ2n) is 8.88. The normalized spacial score (nSPS) is 10.9. The van der Waals surface area contributed by atoms with Crippen LogP contribution >= 0.6 is 11.3 Å². The third-order valence-corrected chi connectivity index (χ3v) is 5.63. The van der Waals surface area contributed by atoms with Gasteiger partial charge in [0.25, 0.3) is 11.8 Å². The topological polar surface area (TPSA) is 101 Å². The second-order valence-corrected chi connectivity index (χ2v) is 9.83. The molecule has 8 nitrogen and oxygen atoms in total. The predicted molar refractivity (Wildman–Crippen MR) is 137 cm³/mol. The molecule has 0 aliphatic heterocycles. The fourth-order valence-electron chi connectivity index (χ4n) is 3.19. The first-order valence-electron chi connectivity index (χ1n) is 11.3. The lowest BCUT2D eigenvalue weighted by Crippen LogP contribution is -2.38. The minimum atomic E-state index is -0.609. The van der Waals surface area contributed by atoms with Crippen molar-refractivity contribution < 1.29 is 19.1 Å². The van der Waals surface area contributed by atoms with Gasteiger partial charge in [-0.15, -0.1) is 11.3 Å². The molecule has 3 rings (SSSR count). The van der Waals surface area contributed by atoms with Crippen molar-refractivity contribution in [3.05, 3.63) is 82.3 Å². The quantitative estimate of drug-likeness (QED) is 0.410. The zero-order valence-electron chi connectivity index (χ0n) is 20.1. The molecule has 0 atom stereocenters. The van der Waals surface area contributed by atoms with Gasteiger partial charge in [-0.25, -0.2) is 4.79 Å². The van der Waals surface area contributed by atoms with Gasteiger partial charge >= 0.3 is 6.09 Å². The van der Waals surface area contributed by atoms with Crippen LogP contribution in [0.3, 0.4) is 0 Å². The Balaban J connectivity index is 1.53. The molecule has 0 aliphatic carbocycles. The van der Waals surface area contributed by atoms with Crippen LogP contribution in [0, 0.1) is 0 Å². The predicted octanol–water partition coefficient (Wildman–Crippen LogP) is 4.95. The molecule has 35 heavy (non-hydrogen) atoms. The van der Waals surface area contributed by atoms with Crippen LogP contribution in [0.4, 0.5) is 10.5 Å². The highest BCUT2D eigenvalue weighted by Gasteiger charge is 2.22. The summed E-state index contributed by atoms with van der Waals surface area (Å²) >= 11 is 1.35. The summed E-state index contributed by atoms with van der Waals surface area (Å²) in [5.74, 6) is -0.471. The van der Waals surface area contributed by atoms with E-state index in [-0.39, 0.29) is 11.8 Å². The van der Waals surface area contributed by atoms with Gasteiger partial charge in [0.15, 0.2) is 0 Å². The summed E-state index contributed by atoms with van der Waals surface area (Å²) in [6.07, 6.45) is 3.52. The lowest BCUT2D eigenvalue weighted by atomic mass is 10.2. The Kier molecular flexibility index (Phi) is 8.97. The summed E-state index contributed by atoms with van der Waals surface area (Å²) in [6.45, 7) is 6.61. The van der Waals surface area contributed by atoms with Crippen molar-refractivity contribution in [2.45, 2.75) is 39.3 Å². The number of aromatic nitrogens is 1. The van der Waals surface area contributed by atoms with Crippen molar-refractivity contribution in [3.63, 3.8) is 0 Å². The summed E-state index contributed by atoms with van der Waals surface area (Å²) in [6, 6.07) is 14.0. The lowest BCUT2D eigenvalue weighted by molar-refractivity contribution is 0.0232. The number of carbonyl (C=O) groups is 3. The van der Waals surface area contributed by atoms with Crippen molar-refractivity contribution in [1.29, 1.82) is 0 Å². The van der Waals surface area contributed by atoms with Gasteiger partial charge < -0.3 is 20.3 Å². The largest absolute Gasteiger partial charge is 0.444 e. The molecule has 3 amide bonds. The Hall–Kier alpha value is -3.72. The number of carbonyl (C=O) groups excluding carboxylic acids is 3. The summed E-state index contributed by atoms with van der Waals surface area (Å²) < 4.78 is 5.54.